The van der Waals surface area contributed by atoms with Crippen molar-refractivity contribution in [3.05, 3.63) is 62.9 Å². The molecule has 0 aliphatic heterocycles. The van der Waals surface area contributed by atoms with Gasteiger partial charge in [-0.3, -0.25) is 10.1 Å². The second-order valence-electron chi connectivity index (χ2n) is 3.95. The van der Waals surface area contributed by atoms with Crippen molar-refractivity contribution in [3.8, 4) is 0 Å². The van der Waals surface area contributed by atoms with Crippen molar-refractivity contribution >= 4 is 28.7 Å². The quantitative estimate of drug-likeness (QED) is 0.668. The maximum atomic E-state index is 13.9. The Hall–Kier alpha value is -2.14. The van der Waals surface area contributed by atoms with Crippen LogP contribution >= 0.6 is 11.6 Å². The molecule has 6 heteroatoms. The van der Waals surface area contributed by atoms with Crippen molar-refractivity contribution in [1.82, 2.24) is 0 Å². The van der Waals surface area contributed by atoms with Crippen LogP contribution in [-0.4, -0.2) is 4.92 Å². The zero-order valence-corrected chi connectivity index (χ0v) is 10.7. The lowest BCUT2D eigenvalue weighted by molar-refractivity contribution is -0.383. The summed E-state index contributed by atoms with van der Waals surface area (Å²) in [6.07, 6.45) is 0. The van der Waals surface area contributed by atoms with Gasteiger partial charge < -0.3 is 5.32 Å². The number of nitrogens with zero attached hydrogens (tertiary/aromatic N) is 1. The molecule has 19 heavy (non-hydrogen) atoms. The fourth-order valence-electron chi connectivity index (χ4n) is 1.69. The van der Waals surface area contributed by atoms with Crippen molar-refractivity contribution in [3.63, 3.8) is 0 Å². The zero-order valence-electron chi connectivity index (χ0n) is 9.98. The predicted octanol–water partition coefficient (Wildman–Crippen LogP) is 4.44. The molecule has 0 unspecified atom stereocenters. The first-order chi connectivity index (χ1) is 9.00. The van der Waals surface area contributed by atoms with Crippen LogP contribution in [0.5, 0.6) is 0 Å². The van der Waals surface area contributed by atoms with Crippen molar-refractivity contribution in [2.75, 3.05) is 5.32 Å². The average molecular weight is 281 g/mol. The lowest BCUT2D eigenvalue weighted by Crippen LogP contribution is -2.00. The van der Waals surface area contributed by atoms with Crippen LogP contribution in [0, 0.1) is 22.9 Å². The van der Waals surface area contributed by atoms with E-state index in [1.807, 2.05) is 0 Å². The van der Waals surface area contributed by atoms with Gasteiger partial charge in [0.25, 0.3) is 0 Å². The summed E-state index contributed by atoms with van der Waals surface area (Å²) in [4.78, 5) is 10.4. The summed E-state index contributed by atoms with van der Waals surface area (Å²) in [7, 11) is 0. The number of rotatable bonds is 3. The predicted molar refractivity (Wildman–Crippen MR) is 72.5 cm³/mol. The molecule has 0 aliphatic carbocycles. The lowest BCUT2D eigenvalue weighted by atomic mass is 10.2. The van der Waals surface area contributed by atoms with Crippen LogP contribution in [0.25, 0.3) is 0 Å². The number of nitro groups is 1. The van der Waals surface area contributed by atoms with E-state index >= 15 is 0 Å². The fraction of sp³-hybridized carbons (Fsp3) is 0.0769. The van der Waals surface area contributed by atoms with Crippen molar-refractivity contribution < 1.29 is 9.31 Å². The van der Waals surface area contributed by atoms with Gasteiger partial charge in [-0.1, -0.05) is 29.8 Å². The molecule has 2 aromatic carbocycles. The molecule has 0 heterocycles. The van der Waals surface area contributed by atoms with E-state index in [2.05, 4.69) is 5.32 Å². The smallest absolute Gasteiger partial charge is 0.311 e. The maximum absolute atomic E-state index is 13.9. The summed E-state index contributed by atoms with van der Waals surface area (Å²) in [6, 6.07) is 9.24. The Balaban J connectivity index is 2.47. The Labute approximate surface area is 114 Å². The molecule has 0 aromatic heterocycles. The molecule has 0 saturated carbocycles. The fourth-order valence-corrected chi connectivity index (χ4v) is 1.93. The lowest BCUT2D eigenvalue weighted by Gasteiger charge is -2.10. The first kappa shape index (κ1) is 13.3. The van der Waals surface area contributed by atoms with E-state index in [9.17, 15) is 14.5 Å². The first-order valence-electron chi connectivity index (χ1n) is 5.45. The zero-order chi connectivity index (χ0) is 14.0. The Bertz CT molecular complexity index is 647. The molecule has 0 radical (unpaired) electrons. The minimum atomic E-state index is -0.599. The summed E-state index contributed by atoms with van der Waals surface area (Å²) < 4.78 is 13.9. The number of hydrogen-bond donors (Lipinski definition) is 1. The number of nitrogens with one attached hydrogen (secondary N) is 1. The van der Waals surface area contributed by atoms with Gasteiger partial charge in [0.1, 0.15) is 16.5 Å². The molecular formula is C13H10ClFN2O2. The molecule has 0 atom stereocenters. The van der Waals surface area contributed by atoms with E-state index in [-0.39, 0.29) is 22.1 Å². The van der Waals surface area contributed by atoms with Gasteiger partial charge in [-0.05, 0) is 30.7 Å². The van der Waals surface area contributed by atoms with E-state index in [1.165, 1.54) is 18.2 Å². The molecular weight excluding hydrogens is 271 g/mol. The number of benzene rings is 2. The van der Waals surface area contributed by atoms with Gasteiger partial charge in [-0.25, -0.2) is 4.39 Å². The number of hydrogen-bond acceptors (Lipinski definition) is 3. The highest BCUT2D eigenvalue weighted by atomic mass is 35.5. The molecule has 0 spiro atoms. The molecule has 0 saturated heterocycles. The van der Waals surface area contributed by atoms with Gasteiger partial charge in [0.05, 0.1) is 10.6 Å². The SMILES string of the molecule is Cc1cccc(Nc2cccc(Cl)c2[N+](=O)[O-])c1F. The summed E-state index contributed by atoms with van der Waals surface area (Å²) in [5, 5.41) is 13.7. The van der Waals surface area contributed by atoms with E-state index < -0.39 is 10.7 Å². The number of para-hydroxylation sites is 1. The van der Waals surface area contributed by atoms with E-state index in [1.54, 1.807) is 25.1 Å². The molecule has 0 bridgehead atoms. The van der Waals surface area contributed by atoms with Crippen LogP contribution in [0.3, 0.4) is 0 Å². The van der Waals surface area contributed by atoms with Crippen molar-refractivity contribution in [1.29, 1.82) is 0 Å². The number of halogens is 2. The number of aryl methyl sites for hydroxylation is 1. The third kappa shape index (κ3) is 2.66. The molecule has 2 aromatic rings. The Morgan fingerprint density at radius 2 is 1.84 bits per heavy atom. The van der Waals surface area contributed by atoms with Gasteiger partial charge in [0.2, 0.25) is 0 Å². The minimum absolute atomic E-state index is 0.00283. The Morgan fingerprint density at radius 1 is 1.21 bits per heavy atom. The molecule has 0 aliphatic rings. The van der Waals surface area contributed by atoms with Crippen LogP contribution in [0.2, 0.25) is 5.02 Å². The monoisotopic (exact) mass is 280 g/mol. The van der Waals surface area contributed by atoms with Crippen LogP contribution < -0.4 is 5.32 Å². The highest BCUT2D eigenvalue weighted by molar-refractivity contribution is 6.33. The van der Waals surface area contributed by atoms with Gasteiger partial charge in [-0.15, -0.1) is 0 Å². The number of nitro benzene ring substituents is 1. The second-order valence-corrected chi connectivity index (χ2v) is 4.36. The van der Waals surface area contributed by atoms with Gasteiger partial charge in [0, 0.05) is 0 Å². The standard InChI is InChI=1S/C13H10ClFN2O2/c1-8-4-2-6-10(12(8)15)16-11-7-3-5-9(14)13(11)17(18)19/h2-7,16H,1H3. The van der Waals surface area contributed by atoms with Crippen LogP contribution in [0.15, 0.2) is 36.4 Å². The molecule has 4 nitrogen and oxygen atoms in total. The third-order valence-corrected chi connectivity index (χ3v) is 2.94. The third-order valence-electron chi connectivity index (χ3n) is 2.63. The number of anilines is 2. The minimum Gasteiger partial charge on any atom is -0.347 e. The Kier molecular flexibility index (Phi) is 3.66. The van der Waals surface area contributed by atoms with Crippen LogP contribution in [-0.2, 0) is 0 Å². The molecule has 0 fully saturated rings. The second kappa shape index (κ2) is 5.24. The van der Waals surface area contributed by atoms with Gasteiger partial charge in [-0.2, -0.15) is 0 Å². The maximum Gasteiger partial charge on any atom is 0.311 e. The molecule has 1 N–H and O–H groups in total. The summed E-state index contributed by atoms with van der Waals surface area (Å²) in [5.41, 5.74) is 0.507. The summed E-state index contributed by atoms with van der Waals surface area (Å²) in [6.45, 7) is 1.62. The van der Waals surface area contributed by atoms with E-state index in [4.69, 9.17) is 11.6 Å². The van der Waals surface area contributed by atoms with Gasteiger partial charge in [0.15, 0.2) is 0 Å². The summed E-state index contributed by atoms with van der Waals surface area (Å²) >= 11 is 5.79. The van der Waals surface area contributed by atoms with Crippen molar-refractivity contribution in [2.24, 2.45) is 0 Å². The summed E-state index contributed by atoms with van der Waals surface area (Å²) in [5.74, 6) is -0.447. The molecule has 98 valence electrons. The highest BCUT2D eigenvalue weighted by Crippen LogP contribution is 2.34. The molecule has 0 amide bonds. The van der Waals surface area contributed by atoms with E-state index in [0.29, 0.717) is 5.56 Å². The van der Waals surface area contributed by atoms with Crippen molar-refractivity contribution in [2.45, 2.75) is 6.92 Å². The largest absolute Gasteiger partial charge is 0.347 e. The normalized spacial score (nSPS) is 10.3. The van der Waals surface area contributed by atoms with E-state index in [0.717, 1.165) is 0 Å². The molecule has 2 rings (SSSR count). The Morgan fingerprint density at radius 3 is 2.53 bits per heavy atom. The topological polar surface area (TPSA) is 55.2 Å². The average Bonchev–Trinajstić information content (AvgIpc) is 2.34. The van der Waals surface area contributed by atoms with Crippen LogP contribution in [0.1, 0.15) is 5.56 Å². The first-order valence-corrected chi connectivity index (χ1v) is 5.83. The van der Waals surface area contributed by atoms with Crippen LogP contribution in [0.4, 0.5) is 21.5 Å². The highest BCUT2D eigenvalue weighted by Gasteiger charge is 2.19. The van der Waals surface area contributed by atoms with Gasteiger partial charge >= 0.3 is 5.69 Å².